The molecular formula is C31H40FN3O7. The summed E-state index contributed by atoms with van der Waals surface area (Å²) in [5, 5.41) is 14.2. The first-order valence-electron chi connectivity index (χ1n) is 13.7. The van der Waals surface area contributed by atoms with E-state index in [4.69, 9.17) is 19.0 Å². The van der Waals surface area contributed by atoms with Crippen molar-refractivity contribution in [1.29, 1.82) is 0 Å². The van der Waals surface area contributed by atoms with Gasteiger partial charge in [-0.3, -0.25) is 4.84 Å². The van der Waals surface area contributed by atoms with Crippen LogP contribution in [0.3, 0.4) is 0 Å². The fraction of sp³-hybridized carbons (Fsp3) is 0.452. The molecule has 1 heterocycles. The Morgan fingerprint density at radius 3 is 2.29 bits per heavy atom. The fourth-order valence-corrected chi connectivity index (χ4v) is 4.01. The molecule has 0 saturated carbocycles. The predicted octanol–water partition coefficient (Wildman–Crippen LogP) is 7.27. The number of hydroxylamine groups is 1. The SMILES string of the molecule is CCOc1cc(C(Nc2cc(F)c3c(N(OC(C)(C)C)C(=O)OC(C)(C)C)nccc3c2)C(=O)O)ccc1OC(C)C. The summed E-state index contributed by atoms with van der Waals surface area (Å²) in [6.07, 6.45) is 0.434. The van der Waals surface area contributed by atoms with Crippen molar-refractivity contribution in [2.45, 2.75) is 85.7 Å². The van der Waals surface area contributed by atoms with Gasteiger partial charge < -0.3 is 24.6 Å². The zero-order valence-corrected chi connectivity index (χ0v) is 25.6. The standard InChI is InChI=1S/C31H40FN3O7/c1-10-39-24-16-20(11-12-23(24)40-18(2)3)26(28(36)37)34-21-15-19-13-14-33-27(25(19)22(32)17-21)35(42-31(7,8)9)29(38)41-30(4,5)6/h11-18,26,34H,10H2,1-9H3,(H,36,37). The summed E-state index contributed by atoms with van der Waals surface area (Å²) in [5.74, 6) is -1.14. The summed E-state index contributed by atoms with van der Waals surface area (Å²) < 4.78 is 32.8. The van der Waals surface area contributed by atoms with E-state index in [1.165, 1.54) is 6.20 Å². The molecule has 0 aliphatic heterocycles. The highest BCUT2D eigenvalue weighted by atomic mass is 19.1. The average Bonchev–Trinajstić information content (AvgIpc) is 2.84. The molecule has 11 heteroatoms. The van der Waals surface area contributed by atoms with Crippen molar-refractivity contribution in [3.05, 3.63) is 54.0 Å². The number of carboxylic acids is 1. The van der Waals surface area contributed by atoms with Crippen LogP contribution in [0.2, 0.25) is 0 Å². The van der Waals surface area contributed by atoms with Crippen molar-refractivity contribution in [3.63, 3.8) is 0 Å². The van der Waals surface area contributed by atoms with Crippen molar-refractivity contribution < 1.29 is 38.1 Å². The maximum Gasteiger partial charge on any atom is 0.440 e. The lowest BCUT2D eigenvalue weighted by molar-refractivity contribution is -0.138. The fourth-order valence-electron chi connectivity index (χ4n) is 4.01. The molecule has 42 heavy (non-hydrogen) atoms. The first-order chi connectivity index (χ1) is 19.5. The summed E-state index contributed by atoms with van der Waals surface area (Å²) in [6.45, 7) is 16.2. The molecule has 0 aliphatic rings. The molecule has 0 bridgehead atoms. The van der Waals surface area contributed by atoms with Gasteiger partial charge in [0.25, 0.3) is 0 Å². The summed E-state index contributed by atoms with van der Waals surface area (Å²) in [4.78, 5) is 35.6. The van der Waals surface area contributed by atoms with Gasteiger partial charge in [-0.1, -0.05) is 6.07 Å². The van der Waals surface area contributed by atoms with Crippen molar-refractivity contribution in [3.8, 4) is 11.5 Å². The minimum Gasteiger partial charge on any atom is -0.490 e. The highest BCUT2D eigenvalue weighted by Gasteiger charge is 2.32. The Balaban J connectivity index is 2.05. The second-order valence-electron chi connectivity index (χ2n) is 11.9. The molecule has 0 radical (unpaired) electrons. The van der Waals surface area contributed by atoms with E-state index >= 15 is 4.39 Å². The normalized spacial score (nSPS) is 12.6. The number of fused-ring (bicyclic) bond motifs is 1. The zero-order chi connectivity index (χ0) is 31.4. The van der Waals surface area contributed by atoms with Gasteiger partial charge in [0.05, 0.1) is 23.7 Å². The quantitative estimate of drug-likeness (QED) is 0.237. The molecule has 1 atom stereocenters. The van der Waals surface area contributed by atoms with Crippen LogP contribution in [-0.4, -0.2) is 46.1 Å². The van der Waals surface area contributed by atoms with Crippen molar-refractivity contribution in [2.24, 2.45) is 0 Å². The number of halogens is 1. The van der Waals surface area contributed by atoms with Gasteiger partial charge in [0.1, 0.15) is 11.4 Å². The Morgan fingerprint density at radius 2 is 1.71 bits per heavy atom. The highest BCUT2D eigenvalue weighted by molar-refractivity contribution is 6.00. The zero-order valence-electron chi connectivity index (χ0n) is 25.6. The van der Waals surface area contributed by atoms with Crippen LogP contribution in [-0.2, 0) is 14.4 Å². The van der Waals surface area contributed by atoms with Crippen molar-refractivity contribution in [2.75, 3.05) is 17.0 Å². The lowest BCUT2D eigenvalue weighted by Crippen LogP contribution is -2.42. The van der Waals surface area contributed by atoms with Gasteiger partial charge in [-0.15, -0.1) is 5.06 Å². The summed E-state index contributed by atoms with van der Waals surface area (Å²) in [5.41, 5.74) is -1.11. The minimum absolute atomic E-state index is 0.00106. The van der Waals surface area contributed by atoms with Crippen LogP contribution < -0.4 is 19.9 Å². The number of carboxylic acid groups (broad SMARTS) is 1. The number of aliphatic carboxylic acids is 1. The van der Waals surface area contributed by atoms with Gasteiger partial charge in [-0.25, -0.2) is 19.0 Å². The number of rotatable bonds is 10. The maximum atomic E-state index is 15.8. The van der Waals surface area contributed by atoms with Gasteiger partial charge in [-0.05, 0) is 104 Å². The first kappa shape index (κ1) is 32.4. The molecule has 1 aromatic heterocycles. The Morgan fingerprint density at radius 1 is 1.02 bits per heavy atom. The van der Waals surface area contributed by atoms with Crippen LogP contribution in [0.25, 0.3) is 10.8 Å². The van der Waals surface area contributed by atoms with E-state index in [0.29, 0.717) is 29.1 Å². The number of hydrogen-bond donors (Lipinski definition) is 2. The van der Waals surface area contributed by atoms with Crippen LogP contribution in [0, 0.1) is 5.82 Å². The molecule has 2 aromatic carbocycles. The average molecular weight is 586 g/mol. The number of ether oxygens (including phenoxy) is 3. The molecule has 10 nitrogen and oxygen atoms in total. The number of nitrogens with zero attached hydrogens (tertiary/aromatic N) is 2. The second-order valence-corrected chi connectivity index (χ2v) is 11.9. The van der Waals surface area contributed by atoms with Gasteiger partial charge in [0.15, 0.2) is 23.4 Å². The lowest BCUT2D eigenvalue weighted by atomic mass is 10.0. The number of hydrogen-bond acceptors (Lipinski definition) is 8. The monoisotopic (exact) mass is 585 g/mol. The third kappa shape index (κ3) is 8.45. The molecule has 1 unspecified atom stereocenters. The van der Waals surface area contributed by atoms with Gasteiger partial charge >= 0.3 is 12.1 Å². The smallest absolute Gasteiger partial charge is 0.440 e. The summed E-state index contributed by atoms with van der Waals surface area (Å²) >= 11 is 0. The van der Waals surface area contributed by atoms with E-state index in [1.54, 1.807) is 71.9 Å². The molecule has 3 rings (SSSR count). The summed E-state index contributed by atoms with van der Waals surface area (Å²) in [6, 6.07) is 7.90. The number of pyridine rings is 1. The number of amides is 1. The topological polar surface area (TPSA) is 119 Å². The van der Waals surface area contributed by atoms with Gasteiger partial charge in [0, 0.05) is 11.9 Å². The van der Waals surface area contributed by atoms with E-state index in [-0.39, 0.29) is 23.0 Å². The number of benzene rings is 2. The number of carbonyl (C=O) groups excluding carboxylic acids is 1. The molecule has 0 fully saturated rings. The summed E-state index contributed by atoms with van der Waals surface area (Å²) in [7, 11) is 0. The van der Waals surface area contributed by atoms with E-state index in [2.05, 4.69) is 10.3 Å². The molecule has 0 spiro atoms. The Labute approximate surface area is 245 Å². The van der Waals surface area contributed by atoms with Crippen LogP contribution in [0.1, 0.15) is 73.9 Å². The Kier molecular flexibility index (Phi) is 9.88. The lowest BCUT2D eigenvalue weighted by Gasteiger charge is -2.31. The molecule has 0 aliphatic carbocycles. The van der Waals surface area contributed by atoms with E-state index in [0.717, 1.165) is 11.1 Å². The van der Waals surface area contributed by atoms with Crippen LogP contribution in [0.15, 0.2) is 42.6 Å². The number of nitrogens with one attached hydrogen (secondary N) is 1. The molecule has 1 amide bonds. The van der Waals surface area contributed by atoms with Gasteiger partial charge in [-0.2, -0.15) is 0 Å². The largest absolute Gasteiger partial charge is 0.490 e. The van der Waals surface area contributed by atoms with E-state index in [9.17, 15) is 14.7 Å². The first-order valence-corrected chi connectivity index (χ1v) is 13.7. The molecular weight excluding hydrogens is 545 g/mol. The van der Waals surface area contributed by atoms with Crippen LogP contribution >= 0.6 is 0 Å². The third-order valence-corrected chi connectivity index (χ3v) is 5.43. The molecule has 0 saturated heterocycles. The Bertz CT molecular complexity index is 1430. The highest BCUT2D eigenvalue weighted by Crippen LogP contribution is 2.35. The minimum atomic E-state index is -1.24. The molecule has 228 valence electrons. The van der Waals surface area contributed by atoms with Crippen LogP contribution in [0.4, 0.5) is 20.7 Å². The molecule has 2 N–H and O–H groups in total. The Hall–Kier alpha value is -4.12. The number of carbonyl (C=O) groups is 2. The third-order valence-electron chi connectivity index (χ3n) is 5.43. The predicted molar refractivity (Wildman–Crippen MR) is 159 cm³/mol. The second kappa shape index (κ2) is 12.8. The number of anilines is 2. The number of aromatic nitrogens is 1. The van der Waals surface area contributed by atoms with Crippen molar-refractivity contribution in [1.82, 2.24) is 4.98 Å². The van der Waals surface area contributed by atoms with Gasteiger partial charge in [0.2, 0.25) is 0 Å². The van der Waals surface area contributed by atoms with Crippen LogP contribution in [0.5, 0.6) is 11.5 Å². The maximum absolute atomic E-state index is 15.8. The van der Waals surface area contributed by atoms with Crippen molar-refractivity contribution >= 4 is 34.3 Å². The van der Waals surface area contributed by atoms with E-state index < -0.39 is 35.1 Å². The van der Waals surface area contributed by atoms with E-state index in [1.807, 2.05) is 20.8 Å². The molecule has 3 aromatic rings.